The predicted octanol–water partition coefficient (Wildman–Crippen LogP) is 3.89. The first-order valence-electron chi connectivity index (χ1n) is 14.4. The lowest BCUT2D eigenvalue weighted by atomic mass is 9.85. The van der Waals surface area contributed by atoms with Crippen molar-refractivity contribution in [3.05, 3.63) is 162 Å². The maximum atomic E-state index is 13.8. The van der Waals surface area contributed by atoms with Gasteiger partial charge in [0.25, 0.3) is 0 Å². The summed E-state index contributed by atoms with van der Waals surface area (Å²) in [6, 6.07) is 46.2. The summed E-state index contributed by atoms with van der Waals surface area (Å²) in [4.78, 5) is 27.5. The van der Waals surface area contributed by atoms with Crippen molar-refractivity contribution in [1.82, 2.24) is 0 Å². The molecule has 0 aliphatic heterocycles. The fourth-order valence-electron chi connectivity index (χ4n) is 5.87. The van der Waals surface area contributed by atoms with E-state index in [1.54, 1.807) is 55.6 Å². The number of fused-ring (bicyclic) bond motifs is 1. The number of ether oxygens (including phenoxy) is 2. The summed E-state index contributed by atoms with van der Waals surface area (Å²) in [5.41, 5.74) is 1.69. The van der Waals surface area contributed by atoms with Crippen molar-refractivity contribution in [3.63, 3.8) is 0 Å². The number of Topliss-reactive ketones (excluding diaryl/α,β-unsaturated/α-hetero) is 2. The molecule has 1 aliphatic rings. The molecule has 0 fully saturated rings. The van der Waals surface area contributed by atoms with Crippen LogP contribution in [-0.4, -0.2) is 31.4 Å². The van der Waals surface area contributed by atoms with E-state index in [0.29, 0.717) is 41.0 Å². The second-order valence-corrected chi connectivity index (χ2v) is 14.0. The summed E-state index contributed by atoms with van der Waals surface area (Å²) in [6.45, 7) is 0.296. The molecule has 6 heteroatoms. The van der Waals surface area contributed by atoms with Gasteiger partial charge in [0.1, 0.15) is 28.9 Å². The molecule has 0 N–H and O–H groups in total. The zero-order chi connectivity index (χ0) is 29.6. The van der Waals surface area contributed by atoms with Crippen LogP contribution in [0.2, 0.25) is 0 Å². The van der Waals surface area contributed by atoms with Crippen molar-refractivity contribution in [2.75, 3.05) is 19.9 Å². The van der Waals surface area contributed by atoms with E-state index in [4.69, 9.17) is 9.47 Å². The number of carbonyl (C=O) groups excluding carboxylic acids is 2. The molecule has 0 atom stereocenters. The second kappa shape index (κ2) is 14.0. The van der Waals surface area contributed by atoms with Gasteiger partial charge in [-0.25, -0.2) is 0 Å². The highest BCUT2D eigenvalue weighted by atomic mass is 79.9. The molecule has 6 rings (SSSR count). The molecule has 1 aliphatic carbocycles. The van der Waals surface area contributed by atoms with Gasteiger partial charge in [-0.2, -0.15) is 0 Å². The predicted molar refractivity (Wildman–Crippen MR) is 176 cm³/mol. The van der Waals surface area contributed by atoms with Crippen LogP contribution in [0.5, 0.6) is 5.75 Å². The number of halogens is 1. The molecule has 0 amide bonds. The van der Waals surface area contributed by atoms with Crippen LogP contribution in [0.1, 0.15) is 32.7 Å². The first kappa shape index (κ1) is 31.1. The van der Waals surface area contributed by atoms with Gasteiger partial charge in [-0.3, -0.25) is 9.59 Å². The van der Waals surface area contributed by atoms with Gasteiger partial charge >= 0.3 is 0 Å². The zero-order valence-corrected chi connectivity index (χ0v) is 26.8. The lowest BCUT2D eigenvalue weighted by molar-refractivity contribution is -0.0000224. The summed E-state index contributed by atoms with van der Waals surface area (Å²) in [7, 11) is -0.453. The van der Waals surface area contributed by atoms with Crippen LogP contribution < -0.4 is 37.6 Å². The van der Waals surface area contributed by atoms with E-state index in [9.17, 15) is 9.59 Å². The minimum absolute atomic E-state index is 0. The molecule has 0 aromatic heterocycles. The number of allylic oxidation sites excluding steroid dienone is 2. The standard InChI is InChI=1S/C38H32O4P.BrH/c1-41-29-24-22-28(23-25-29)35-36(39)33-20-11-12-21-34(33)37(40)38(35)42-26-13-27-43(30-14-5-2-6-15-30,31-16-7-3-8-17-31)32-18-9-4-10-19-32;/h2-12,14-25H,13,26-27H2,1H3;1H/q+1;/p-1. The summed E-state index contributed by atoms with van der Waals surface area (Å²) in [6.07, 6.45) is 1.53. The van der Waals surface area contributed by atoms with E-state index in [0.717, 1.165) is 6.16 Å². The fraction of sp³-hybridized carbons (Fsp3) is 0.105. The quantitative estimate of drug-likeness (QED) is 0.168. The minimum atomic E-state index is -2.05. The molecular formula is C38H32BrO4P. The van der Waals surface area contributed by atoms with Crippen LogP contribution in [0.3, 0.4) is 0 Å². The third-order valence-corrected chi connectivity index (χ3v) is 12.5. The Morgan fingerprint density at radius 3 is 1.50 bits per heavy atom. The number of carbonyl (C=O) groups is 2. The molecule has 0 saturated carbocycles. The summed E-state index contributed by atoms with van der Waals surface area (Å²) < 4.78 is 11.7. The largest absolute Gasteiger partial charge is 1.00 e. The average Bonchev–Trinajstić information content (AvgIpc) is 3.08. The Balaban J connectivity index is 0.00000384. The van der Waals surface area contributed by atoms with Gasteiger partial charge in [0.2, 0.25) is 5.78 Å². The summed E-state index contributed by atoms with van der Waals surface area (Å²) in [5.74, 6) is 0.299. The van der Waals surface area contributed by atoms with Crippen LogP contribution in [0.15, 0.2) is 145 Å². The Morgan fingerprint density at radius 2 is 1.02 bits per heavy atom. The van der Waals surface area contributed by atoms with Crippen molar-refractivity contribution in [2.45, 2.75) is 6.42 Å². The second-order valence-electron chi connectivity index (χ2n) is 10.4. The number of benzene rings is 5. The zero-order valence-electron chi connectivity index (χ0n) is 24.4. The van der Waals surface area contributed by atoms with Crippen LogP contribution >= 0.6 is 7.26 Å². The minimum Gasteiger partial charge on any atom is -1.00 e. The topological polar surface area (TPSA) is 52.6 Å². The number of ketones is 2. The molecular weight excluding hydrogens is 631 g/mol. The molecule has 0 bridgehead atoms. The lowest BCUT2D eigenvalue weighted by Gasteiger charge is -2.28. The highest BCUT2D eigenvalue weighted by molar-refractivity contribution is 7.95. The summed E-state index contributed by atoms with van der Waals surface area (Å²) in [5, 5.41) is 3.88. The Bertz CT molecular complexity index is 1670. The van der Waals surface area contributed by atoms with Crippen LogP contribution in [-0.2, 0) is 4.74 Å². The molecule has 0 unspecified atom stereocenters. The first-order chi connectivity index (χ1) is 21.1. The van der Waals surface area contributed by atoms with Crippen molar-refractivity contribution in [2.24, 2.45) is 0 Å². The van der Waals surface area contributed by atoms with Gasteiger partial charge < -0.3 is 26.5 Å². The SMILES string of the molecule is COc1ccc(C2=C(OCCC[P+](c3ccccc3)(c3ccccc3)c3ccccc3)C(=O)c3ccccc3C2=O)cc1.[Br-]. The van der Waals surface area contributed by atoms with Crippen LogP contribution in [0, 0.1) is 0 Å². The van der Waals surface area contributed by atoms with Crippen molar-refractivity contribution < 1.29 is 36.0 Å². The number of hydrogen-bond donors (Lipinski definition) is 0. The smallest absolute Gasteiger partial charge is 0.229 e. The molecule has 0 saturated heterocycles. The van der Waals surface area contributed by atoms with Crippen molar-refractivity contribution in [3.8, 4) is 5.75 Å². The summed E-state index contributed by atoms with van der Waals surface area (Å²) >= 11 is 0. The highest BCUT2D eigenvalue weighted by Gasteiger charge is 2.44. The van der Waals surface area contributed by atoms with E-state index < -0.39 is 7.26 Å². The molecule has 220 valence electrons. The monoisotopic (exact) mass is 662 g/mol. The maximum Gasteiger partial charge on any atom is 0.229 e. The third kappa shape index (κ3) is 5.91. The highest BCUT2D eigenvalue weighted by Crippen LogP contribution is 2.55. The first-order valence-corrected chi connectivity index (χ1v) is 16.4. The van der Waals surface area contributed by atoms with Gasteiger partial charge in [-0.05, 0) is 54.1 Å². The molecule has 5 aromatic carbocycles. The van der Waals surface area contributed by atoms with Gasteiger partial charge in [0, 0.05) is 17.5 Å². The normalized spacial score (nSPS) is 12.8. The van der Waals surface area contributed by atoms with Gasteiger partial charge in [-0.15, -0.1) is 0 Å². The van der Waals surface area contributed by atoms with Crippen LogP contribution in [0.25, 0.3) is 5.57 Å². The van der Waals surface area contributed by atoms with Crippen LogP contribution in [0.4, 0.5) is 0 Å². The molecule has 0 heterocycles. The van der Waals surface area contributed by atoms with Gasteiger partial charge in [0.15, 0.2) is 11.5 Å². The van der Waals surface area contributed by atoms with E-state index in [-0.39, 0.29) is 34.3 Å². The Labute approximate surface area is 269 Å². The number of hydrogen-bond acceptors (Lipinski definition) is 4. The van der Waals surface area contributed by atoms with E-state index in [2.05, 4.69) is 72.8 Å². The maximum absolute atomic E-state index is 13.8. The number of methoxy groups -OCH3 is 1. The molecule has 4 nitrogen and oxygen atoms in total. The van der Waals surface area contributed by atoms with E-state index in [1.165, 1.54) is 15.9 Å². The molecule has 0 radical (unpaired) electrons. The Morgan fingerprint density at radius 1 is 0.568 bits per heavy atom. The molecule has 44 heavy (non-hydrogen) atoms. The van der Waals surface area contributed by atoms with E-state index in [1.807, 2.05) is 18.2 Å². The molecule has 5 aromatic rings. The fourth-order valence-corrected chi connectivity index (χ4v) is 10.2. The number of rotatable bonds is 10. The average molecular weight is 664 g/mol. The Kier molecular flexibility index (Phi) is 9.89. The van der Waals surface area contributed by atoms with E-state index >= 15 is 0 Å². The Hall–Kier alpha value is -4.31. The van der Waals surface area contributed by atoms with Gasteiger partial charge in [-0.1, -0.05) is 91.0 Å². The van der Waals surface area contributed by atoms with Gasteiger partial charge in [0.05, 0.1) is 25.5 Å². The lowest BCUT2D eigenvalue weighted by Crippen LogP contribution is -3.00. The molecule has 0 spiro atoms. The van der Waals surface area contributed by atoms with Crippen molar-refractivity contribution in [1.29, 1.82) is 0 Å². The third-order valence-electron chi connectivity index (χ3n) is 7.93. The van der Waals surface area contributed by atoms with Crippen molar-refractivity contribution >= 4 is 40.3 Å².